The fourth-order valence-corrected chi connectivity index (χ4v) is 2.11. The lowest BCUT2D eigenvalue weighted by Crippen LogP contribution is -1.93. The van der Waals surface area contributed by atoms with Crippen molar-refractivity contribution in [2.75, 3.05) is 5.73 Å². The van der Waals surface area contributed by atoms with E-state index in [2.05, 4.69) is 4.98 Å². The number of benzene rings is 1. The van der Waals surface area contributed by atoms with E-state index in [9.17, 15) is 4.39 Å². The van der Waals surface area contributed by atoms with E-state index in [1.807, 2.05) is 0 Å². The van der Waals surface area contributed by atoms with Crippen LogP contribution in [0.4, 0.5) is 10.2 Å². The number of hydrogen-bond donors (Lipinski definition) is 1. The van der Waals surface area contributed by atoms with Crippen LogP contribution in [0.15, 0.2) is 42.6 Å². The van der Waals surface area contributed by atoms with Crippen molar-refractivity contribution in [1.82, 2.24) is 9.38 Å². The van der Waals surface area contributed by atoms with Crippen molar-refractivity contribution < 1.29 is 4.39 Å². The van der Waals surface area contributed by atoms with E-state index in [1.54, 1.807) is 34.9 Å². The van der Waals surface area contributed by atoms with Crippen LogP contribution in [0.5, 0.6) is 0 Å². The van der Waals surface area contributed by atoms with Gasteiger partial charge in [-0.3, -0.25) is 4.40 Å². The first-order valence-corrected chi connectivity index (χ1v) is 5.72. The minimum Gasteiger partial charge on any atom is -0.383 e. The lowest BCUT2D eigenvalue weighted by molar-refractivity contribution is 0.628. The maximum atomic E-state index is 13.2. The van der Waals surface area contributed by atoms with Gasteiger partial charge in [-0.2, -0.15) is 0 Å². The van der Waals surface area contributed by atoms with E-state index in [-0.39, 0.29) is 5.82 Å². The molecule has 0 amide bonds. The molecule has 0 bridgehead atoms. The Labute approximate surface area is 108 Å². The van der Waals surface area contributed by atoms with Gasteiger partial charge in [-0.15, -0.1) is 0 Å². The van der Waals surface area contributed by atoms with Crippen LogP contribution in [0.3, 0.4) is 0 Å². The van der Waals surface area contributed by atoms with Crippen LogP contribution in [-0.2, 0) is 0 Å². The van der Waals surface area contributed by atoms with E-state index in [0.717, 1.165) is 0 Å². The van der Waals surface area contributed by atoms with E-state index >= 15 is 0 Å². The summed E-state index contributed by atoms with van der Waals surface area (Å²) in [5, 5.41) is 0.506. The minimum atomic E-state index is -0.324. The van der Waals surface area contributed by atoms with Crippen LogP contribution in [-0.4, -0.2) is 9.38 Å². The number of rotatable bonds is 1. The van der Waals surface area contributed by atoms with E-state index in [1.165, 1.54) is 12.1 Å². The van der Waals surface area contributed by atoms with Crippen LogP contribution >= 0.6 is 11.6 Å². The fourth-order valence-electron chi connectivity index (χ4n) is 1.90. The van der Waals surface area contributed by atoms with Crippen LogP contribution in [0.1, 0.15) is 0 Å². The summed E-state index contributed by atoms with van der Waals surface area (Å²) in [5.74, 6) is 0.119. The molecule has 2 aromatic heterocycles. The molecule has 0 unspecified atom stereocenters. The summed E-state index contributed by atoms with van der Waals surface area (Å²) in [7, 11) is 0. The molecule has 0 aliphatic carbocycles. The summed E-state index contributed by atoms with van der Waals surface area (Å²) in [5.41, 5.74) is 7.74. The highest BCUT2D eigenvalue weighted by atomic mass is 35.5. The molecule has 3 rings (SSSR count). The fraction of sp³-hybridized carbons (Fsp3) is 0. The highest BCUT2D eigenvalue weighted by molar-refractivity contribution is 6.33. The largest absolute Gasteiger partial charge is 0.383 e. The van der Waals surface area contributed by atoms with Crippen molar-refractivity contribution in [2.45, 2.75) is 0 Å². The van der Waals surface area contributed by atoms with Gasteiger partial charge in [-0.05, 0) is 24.3 Å². The third-order valence-electron chi connectivity index (χ3n) is 2.74. The number of nitrogens with two attached hydrogens (primary N) is 1. The minimum absolute atomic E-state index is 0.324. The van der Waals surface area contributed by atoms with Gasteiger partial charge in [0.1, 0.15) is 17.3 Å². The Kier molecular flexibility index (Phi) is 2.45. The molecule has 90 valence electrons. The number of imidazole rings is 1. The Morgan fingerprint density at radius 3 is 2.78 bits per heavy atom. The summed E-state index contributed by atoms with van der Waals surface area (Å²) in [6.07, 6.45) is 1.77. The third-order valence-corrected chi connectivity index (χ3v) is 3.03. The van der Waals surface area contributed by atoms with Gasteiger partial charge >= 0.3 is 0 Å². The number of nitrogen functional groups attached to an aromatic ring is 1. The molecule has 0 atom stereocenters. The molecule has 0 spiro atoms. The van der Waals surface area contributed by atoms with Crippen LogP contribution in [0, 0.1) is 5.82 Å². The monoisotopic (exact) mass is 261 g/mol. The number of anilines is 1. The molecule has 0 aliphatic rings. The zero-order valence-corrected chi connectivity index (χ0v) is 10.0. The number of halogens is 2. The lowest BCUT2D eigenvalue weighted by Gasteiger charge is -1.99. The van der Waals surface area contributed by atoms with Gasteiger partial charge in [-0.1, -0.05) is 23.7 Å². The van der Waals surface area contributed by atoms with Gasteiger partial charge in [0.25, 0.3) is 0 Å². The Hall–Kier alpha value is -2.07. The van der Waals surface area contributed by atoms with Crippen molar-refractivity contribution in [3.05, 3.63) is 53.4 Å². The van der Waals surface area contributed by atoms with Gasteiger partial charge in [0, 0.05) is 11.8 Å². The molecule has 3 aromatic rings. The van der Waals surface area contributed by atoms with Crippen molar-refractivity contribution in [2.24, 2.45) is 0 Å². The summed E-state index contributed by atoms with van der Waals surface area (Å²) < 4.78 is 14.9. The molecule has 0 radical (unpaired) electrons. The van der Waals surface area contributed by atoms with Crippen LogP contribution in [0.25, 0.3) is 16.9 Å². The molecule has 1 aromatic carbocycles. The molecular formula is C13H9ClFN3. The Morgan fingerprint density at radius 2 is 2.06 bits per heavy atom. The Bertz CT molecular complexity index is 736. The third kappa shape index (κ3) is 1.62. The summed E-state index contributed by atoms with van der Waals surface area (Å²) in [4.78, 5) is 4.36. The van der Waals surface area contributed by atoms with Crippen LogP contribution in [0.2, 0.25) is 5.02 Å². The van der Waals surface area contributed by atoms with E-state index < -0.39 is 0 Å². The van der Waals surface area contributed by atoms with Crippen LogP contribution < -0.4 is 5.73 Å². The maximum absolute atomic E-state index is 13.2. The first-order chi connectivity index (χ1) is 8.66. The van der Waals surface area contributed by atoms with Gasteiger partial charge < -0.3 is 5.73 Å². The molecular weight excluding hydrogens is 253 g/mol. The number of pyridine rings is 1. The first kappa shape index (κ1) is 11.0. The predicted molar refractivity (Wildman–Crippen MR) is 70.0 cm³/mol. The van der Waals surface area contributed by atoms with Gasteiger partial charge in [-0.25, -0.2) is 9.37 Å². The van der Waals surface area contributed by atoms with Crippen molar-refractivity contribution in [3.63, 3.8) is 0 Å². The second-order valence-corrected chi connectivity index (χ2v) is 4.31. The Morgan fingerprint density at radius 1 is 1.22 bits per heavy atom. The smallest absolute Gasteiger partial charge is 0.157 e. The number of fused-ring (bicyclic) bond motifs is 1. The van der Waals surface area contributed by atoms with Gasteiger partial charge in [0.05, 0.1) is 5.02 Å². The van der Waals surface area contributed by atoms with E-state index in [4.69, 9.17) is 17.3 Å². The highest BCUT2D eigenvalue weighted by Gasteiger charge is 2.13. The van der Waals surface area contributed by atoms with Crippen molar-refractivity contribution in [3.8, 4) is 11.3 Å². The quantitative estimate of drug-likeness (QED) is 0.730. The second kappa shape index (κ2) is 3.99. The number of nitrogens with zero attached hydrogens (tertiary/aromatic N) is 2. The van der Waals surface area contributed by atoms with Gasteiger partial charge in [0.15, 0.2) is 5.65 Å². The zero-order valence-electron chi connectivity index (χ0n) is 9.27. The standard InChI is InChI=1S/C13H9ClFN3/c14-10-5-2-6-18-12(16)11(17-13(10)18)8-3-1-4-9(15)7-8/h1-7H,16H2. The normalized spacial score (nSPS) is 11.0. The second-order valence-electron chi connectivity index (χ2n) is 3.91. The lowest BCUT2D eigenvalue weighted by atomic mass is 10.1. The molecule has 0 aliphatic heterocycles. The van der Waals surface area contributed by atoms with Crippen molar-refractivity contribution >= 4 is 23.1 Å². The zero-order chi connectivity index (χ0) is 12.7. The highest BCUT2D eigenvalue weighted by Crippen LogP contribution is 2.29. The molecule has 5 heteroatoms. The molecule has 2 heterocycles. The predicted octanol–water partition coefficient (Wildman–Crippen LogP) is 3.38. The maximum Gasteiger partial charge on any atom is 0.157 e. The molecule has 0 fully saturated rings. The molecule has 3 nitrogen and oxygen atoms in total. The average Bonchev–Trinajstić information content (AvgIpc) is 2.69. The summed E-state index contributed by atoms with van der Waals surface area (Å²) in [6.45, 7) is 0. The molecule has 18 heavy (non-hydrogen) atoms. The SMILES string of the molecule is Nc1c(-c2cccc(F)c2)nc2c(Cl)cccn12. The number of aromatic nitrogens is 2. The average molecular weight is 262 g/mol. The first-order valence-electron chi connectivity index (χ1n) is 5.35. The van der Waals surface area contributed by atoms with Crippen molar-refractivity contribution in [1.29, 1.82) is 0 Å². The molecule has 0 saturated carbocycles. The summed E-state index contributed by atoms with van der Waals surface area (Å²) in [6, 6.07) is 9.67. The number of hydrogen-bond acceptors (Lipinski definition) is 2. The summed E-state index contributed by atoms with van der Waals surface area (Å²) >= 11 is 6.05. The van der Waals surface area contributed by atoms with E-state index in [0.29, 0.717) is 27.7 Å². The van der Waals surface area contributed by atoms with Gasteiger partial charge in [0.2, 0.25) is 0 Å². The Balaban J connectivity index is 2.30. The molecule has 2 N–H and O–H groups in total. The topological polar surface area (TPSA) is 43.3 Å². The molecule has 0 saturated heterocycles.